The highest BCUT2D eigenvalue weighted by atomic mass is 16.6. The summed E-state index contributed by atoms with van der Waals surface area (Å²) >= 11 is 0. The highest BCUT2D eigenvalue weighted by Gasteiger charge is 2.28. The summed E-state index contributed by atoms with van der Waals surface area (Å²) in [6.07, 6.45) is 11.2. The fourth-order valence-corrected chi connectivity index (χ4v) is 5.80. The Morgan fingerprint density at radius 3 is 2.36 bits per heavy atom. The number of carboxylic acids is 1. The summed E-state index contributed by atoms with van der Waals surface area (Å²) in [6.45, 7) is 1.17. The van der Waals surface area contributed by atoms with Crippen LogP contribution in [0, 0.1) is 11.8 Å². The van der Waals surface area contributed by atoms with Crippen LogP contribution in [0.1, 0.15) is 87.3 Å². The normalized spacial score (nSPS) is 23.6. The third-order valence-electron chi connectivity index (χ3n) is 7.71. The lowest BCUT2D eigenvalue weighted by Crippen LogP contribution is -2.39. The van der Waals surface area contributed by atoms with Gasteiger partial charge < -0.3 is 14.7 Å². The average Bonchev–Trinajstić information content (AvgIpc) is 2.80. The molecule has 1 amide bonds. The van der Waals surface area contributed by atoms with Gasteiger partial charge in [-0.15, -0.1) is 0 Å². The minimum absolute atomic E-state index is 0.110. The van der Waals surface area contributed by atoms with Gasteiger partial charge in [0.2, 0.25) is 0 Å². The molecule has 0 saturated heterocycles. The first-order valence-electron chi connectivity index (χ1n) is 12.8. The van der Waals surface area contributed by atoms with Gasteiger partial charge in [-0.1, -0.05) is 50.3 Å². The molecule has 2 aliphatic carbocycles. The van der Waals surface area contributed by atoms with E-state index in [9.17, 15) is 14.4 Å². The number of carbonyl (C=O) groups is 3. The number of carbonyl (C=O) groups excluding carboxylic acids is 2. The molecular weight excluding hydrogens is 418 g/mol. The number of amides is 1. The first kappa shape index (κ1) is 23.8. The molecule has 1 aromatic carbocycles. The molecule has 0 atom stereocenters. The molecule has 2 fully saturated rings. The second-order valence-electron chi connectivity index (χ2n) is 10.3. The Morgan fingerprint density at radius 1 is 0.909 bits per heavy atom. The maximum absolute atomic E-state index is 12.7. The van der Waals surface area contributed by atoms with Crippen molar-refractivity contribution in [2.24, 2.45) is 11.8 Å². The standard InChI is InChI=1S/C27H37NO5/c29-24(15-19-4-2-1-3-5-19)16-21-6-9-23-18-28(13-12-22(23)14-21)27(32)33-25-10-7-20(8-11-25)17-26(30)31/h6,9,14,19-20,25H,1-5,7-8,10-13,15-18H2,(H,30,31). The summed E-state index contributed by atoms with van der Waals surface area (Å²) in [6, 6.07) is 6.26. The van der Waals surface area contributed by atoms with Crippen LogP contribution in [-0.2, 0) is 33.7 Å². The van der Waals surface area contributed by atoms with Crippen LogP contribution in [0.25, 0.3) is 0 Å². The van der Waals surface area contributed by atoms with Crippen LogP contribution >= 0.6 is 0 Å². The molecule has 6 heteroatoms. The fourth-order valence-electron chi connectivity index (χ4n) is 5.80. The van der Waals surface area contributed by atoms with Gasteiger partial charge in [0, 0.05) is 32.4 Å². The molecule has 3 aliphatic rings. The van der Waals surface area contributed by atoms with Gasteiger partial charge in [0.1, 0.15) is 11.9 Å². The number of ether oxygens (including phenoxy) is 1. The van der Waals surface area contributed by atoms with Crippen LogP contribution < -0.4 is 0 Å². The number of ketones is 1. The van der Waals surface area contributed by atoms with Gasteiger partial charge in [0.25, 0.3) is 0 Å². The number of fused-ring (bicyclic) bond motifs is 1. The Balaban J connectivity index is 1.24. The van der Waals surface area contributed by atoms with Crippen molar-refractivity contribution in [3.05, 3.63) is 34.9 Å². The second kappa shape index (κ2) is 11.2. The topological polar surface area (TPSA) is 83.9 Å². The molecule has 0 spiro atoms. The Kier molecular flexibility index (Phi) is 8.05. The van der Waals surface area contributed by atoms with Crippen molar-refractivity contribution in [1.82, 2.24) is 4.90 Å². The van der Waals surface area contributed by atoms with E-state index in [2.05, 4.69) is 12.1 Å². The maximum Gasteiger partial charge on any atom is 0.410 e. The van der Waals surface area contributed by atoms with E-state index < -0.39 is 5.97 Å². The number of nitrogens with zero attached hydrogens (tertiary/aromatic N) is 1. The number of Topliss-reactive ketones (excluding diaryl/α,β-unsaturated/α-hetero) is 1. The van der Waals surface area contributed by atoms with Crippen LogP contribution in [0.15, 0.2) is 18.2 Å². The van der Waals surface area contributed by atoms with Gasteiger partial charge in [0.05, 0.1) is 0 Å². The average molecular weight is 456 g/mol. The molecule has 180 valence electrons. The zero-order chi connectivity index (χ0) is 23.2. The molecular formula is C27H37NO5. The van der Waals surface area contributed by atoms with E-state index in [4.69, 9.17) is 9.84 Å². The van der Waals surface area contributed by atoms with Crippen molar-refractivity contribution >= 4 is 17.8 Å². The van der Waals surface area contributed by atoms with Crippen molar-refractivity contribution in [2.45, 2.75) is 96.1 Å². The summed E-state index contributed by atoms with van der Waals surface area (Å²) in [4.78, 5) is 37.9. The number of carboxylic acid groups (broad SMARTS) is 1. The van der Waals surface area contributed by atoms with Crippen LogP contribution in [0.3, 0.4) is 0 Å². The van der Waals surface area contributed by atoms with Crippen molar-refractivity contribution in [3.8, 4) is 0 Å². The lowest BCUT2D eigenvalue weighted by atomic mass is 9.84. The molecule has 1 aromatic rings. The highest BCUT2D eigenvalue weighted by molar-refractivity contribution is 5.81. The monoisotopic (exact) mass is 455 g/mol. The molecule has 4 rings (SSSR count). The molecule has 0 unspecified atom stereocenters. The molecule has 6 nitrogen and oxygen atoms in total. The number of aliphatic carboxylic acids is 1. The molecule has 0 bridgehead atoms. The first-order chi connectivity index (χ1) is 16.0. The van der Waals surface area contributed by atoms with E-state index in [1.54, 1.807) is 4.90 Å². The SMILES string of the molecule is O=C(O)CC1CCC(OC(=O)N2CCc3cc(CC(=O)CC4CCCCC4)ccc3C2)CC1. The molecule has 1 heterocycles. The van der Waals surface area contributed by atoms with Gasteiger partial charge >= 0.3 is 12.1 Å². The molecule has 1 aliphatic heterocycles. The quantitative estimate of drug-likeness (QED) is 0.603. The minimum atomic E-state index is -0.751. The third kappa shape index (κ3) is 6.81. The number of hydrogen-bond donors (Lipinski definition) is 1. The lowest BCUT2D eigenvalue weighted by Gasteiger charge is -2.32. The van der Waals surface area contributed by atoms with Gasteiger partial charge in [-0.05, 0) is 60.6 Å². The molecule has 33 heavy (non-hydrogen) atoms. The number of rotatable bonds is 7. The van der Waals surface area contributed by atoms with Crippen molar-refractivity contribution in [3.63, 3.8) is 0 Å². The number of benzene rings is 1. The summed E-state index contributed by atoms with van der Waals surface area (Å²) in [5, 5.41) is 8.95. The predicted octanol–water partition coefficient (Wildman–Crippen LogP) is 5.30. The van der Waals surface area contributed by atoms with Gasteiger partial charge in [-0.2, -0.15) is 0 Å². The number of hydrogen-bond acceptors (Lipinski definition) is 4. The highest BCUT2D eigenvalue weighted by Crippen LogP contribution is 2.30. The minimum Gasteiger partial charge on any atom is -0.481 e. The Hall–Kier alpha value is -2.37. The smallest absolute Gasteiger partial charge is 0.410 e. The van der Waals surface area contributed by atoms with Crippen LogP contribution in [0.4, 0.5) is 4.79 Å². The fraction of sp³-hybridized carbons (Fsp3) is 0.667. The molecule has 0 radical (unpaired) electrons. The zero-order valence-electron chi connectivity index (χ0n) is 19.6. The van der Waals surface area contributed by atoms with E-state index in [1.807, 2.05) is 6.07 Å². The molecule has 1 N–H and O–H groups in total. The van der Waals surface area contributed by atoms with Gasteiger partial charge in [-0.25, -0.2) is 4.79 Å². The van der Waals surface area contributed by atoms with E-state index in [0.29, 0.717) is 31.2 Å². The van der Waals surface area contributed by atoms with Crippen LogP contribution in [0.2, 0.25) is 0 Å². The summed E-state index contributed by atoms with van der Waals surface area (Å²) in [5.41, 5.74) is 3.45. The second-order valence-corrected chi connectivity index (χ2v) is 10.3. The summed E-state index contributed by atoms with van der Waals surface area (Å²) in [5.74, 6) is 0.374. The largest absolute Gasteiger partial charge is 0.481 e. The van der Waals surface area contributed by atoms with E-state index >= 15 is 0 Å². The van der Waals surface area contributed by atoms with Crippen LogP contribution in [-0.4, -0.2) is 40.5 Å². The summed E-state index contributed by atoms with van der Waals surface area (Å²) < 4.78 is 5.74. The third-order valence-corrected chi connectivity index (χ3v) is 7.71. The maximum atomic E-state index is 12.7. The van der Waals surface area contributed by atoms with E-state index in [1.165, 1.54) is 37.7 Å². The lowest BCUT2D eigenvalue weighted by molar-refractivity contribution is -0.138. The van der Waals surface area contributed by atoms with Crippen LogP contribution in [0.5, 0.6) is 0 Å². The Morgan fingerprint density at radius 2 is 1.64 bits per heavy atom. The van der Waals surface area contributed by atoms with Crippen molar-refractivity contribution in [1.29, 1.82) is 0 Å². The molecule has 0 aromatic heterocycles. The van der Waals surface area contributed by atoms with E-state index in [0.717, 1.165) is 49.7 Å². The Labute approximate surface area is 196 Å². The summed E-state index contributed by atoms with van der Waals surface area (Å²) in [7, 11) is 0. The zero-order valence-corrected chi connectivity index (χ0v) is 19.6. The Bertz CT molecular complexity index is 852. The predicted molar refractivity (Wildman–Crippen MR) is 125 cm³/mol. The van der Waals surface area contributed by atoms with E-state index in [-0.39, 0.29) is 24.5 Å². The van der Waals surface area contributed by atoms with Crippen molar-refractivity contribution in [2.75, 3.05) is 6.54 Å². The van der Waals surface area contributed by atoms with Gasteiger partial charge in [-0.3, -0.25) is 9.59 Å². The van der Waals surface area contributed by atoms with Gasteiger partial charge in [0.15, 0.2) is 0 Å². The molecule has 2 saturated carbocycles. The van der Waals surface area contributed by atoms with Crippen molar-refractivity contribution < 1.29 is 24.2 Å². The first-order valence-corrected chi connectivity index (χ1v) is 12.8.